The lowest BCUT2D eigenvalue weighted by molar-refractivity contribution is 0.539. The topological polar surface area (TPSA) is 55.6 Å². The maximum absolute atomic E-state index is 14.4. The van der Waals surface area contributed by atoms with Gasteiger partial charge < -0.3 is 5.32 Å². The molecule has 24 heavy (non-hydrogen) atoms. The quantitative estimate of drug-likeness (QED) is 0.538. The number of allylic oxidation sites excluding steroid dienone is 1. The minimum atomic E-state index is -0.428. The van der Waals surface area contributed by atoms with Crippen molar-refractivity contribution < 1.29 is 4.39 Å². The van der Waals surface area contributed by atoms with Crippen LogP contribution in [0.25, 0.3) is 5.70 Å². The number of aromatic nitrogens is 4. The lowest BCUT2D eigenvalue weighted by atomic mass is 10.0. The zero-order valence-electron chi connectivity index (χ0n) is 12.1. The lowest BCUT2D eigenvalue weighted by Gasteiger charge is -2.24. The average Bonchev–Trinajstić information content (AvgIpc) is 3.05. The highest BCUT2D eigenvalue weighted by atomic mass is 127. The lowest BCUT2D eigenvalue weighted by Crippen LogP contribution is -2.21. The molecule has 0 bridgehead atoms. The van der Waals surface area contributed by atoms with Gasteiger partial charge in [0.2, 0.25) is 5.95 Å². The van der Waals surface area contributed by atoms with Crippen LogP contribution in [0, 0.1) is 9.39 Å². The van der Waals surface area contributed by atoms with Crippen LogP contribution >= 0.6 is 38.5 Å². The first-order valence-electron chi connectivity index (χ1n) is 7.09. The predicted octanol–water partition coefficient (Wildman–Crippen LogP) is 4.24. The van der Waals surface area contributed by atoms with Gasteiger partial charge >= 0.3 is 0 Å². The third kappa shape index (κ3) is 2.84. The molecule has 0 radical (unpaired) electrons. The van der Waals surface area contributed by atoms with Crippen LogP contribution in [0.1, 0.15) is 17.2 Å². The number of hydrogen-bond acceptors (Lipinski definition) is 4. The summed E-state index contributed by atoms with van der Waals surface area (Å²) in [4.78, 5) is 0. The Kier molecular flexibility index (Phi) is 4.09. The Morgan fingerprint density at radius 2 is 1.96 bits per heavy atom. The number of halogens is 3. The van der Waals surface area contributed by atoms with Gasteiger partial charge in [0.05, 0.1) is 0 Å². The zero-order valence-corrected chi connectivity index (χ0v) is 15.9. The minimum absolute atomic E-state index is 0.301. The number of nitrogens with one attached hydrogen (secondary N) is 1. The van der Waals surface area contributed by atoms with Gasteiger partial charge in [-0.05, 0) is 75.0 Å². The van der Waals surface area contributed by atoms with E-state index in [-0.39, 0.29) is 5.82 Å². The molecule has 5 nitrogen and oxygen atoms in total. The predicted molar refractivity (Wildman–Crippen MR) is 101 cm³/mol. The van der Waals surface area contributed by atoms with Crippen LogP contribution in [-0.4, -0.2) is 20.2 Å². The third-order valence-corrected chi connectivity index (χ3v) is 4.97. The molecule has 8 heteroatoms. The van der Waals surface area contributed by atoms with Crippen molar-refractivity contribution >= 4 is 50.2 Å². The van der Waals surface area contributed by atoms with E-state index in [1.165, 1.54) is 6.07 Å². The average molecular weight is 498 g/mol. The van der Waals surface area contributed by atoms with Crippen LogP contribution in [0.2, 0.25) is 0 Å². The molecule has 120 valence electrons. The Hall–Kier alpha value is -1.81. The number of hydrogen-bond donors (Lipinski definition) is 1. The normalized spacial score (nSPS) is 16.3. The van der Waals surface area contributed by atoms with Gasteiger partial charge in [-0.1, -0.05) is 33.2 Å². The second-order valence-electron chi connectivity index (χ2n) is 5.27. The molecule has 0 saturated heterocycles. The van der Waals surface area contributed by atoms with Crippen molar-refractivity contribution in [2.24, 2.45) is 0 Å². The van der Waals surface area contributed by atoms with Gasteiger partial charge in [0.1, 0.15) is 11.9 Å². The molecular weight excluding hydrogens is 488 g/mol. The number of nitrogens with zero attached hydrogens (tertiary/aromatic N) is 4. The van der Waals surface area contributed by atoms with Crippen LogP contribution in [0.4, 0.5) is 10.3 Å². The molecule has 1 aromatic heterocycles. The first-order chi connectivity index (χ1) is 11.6. The molecule has 0 amide bonds. The summed E-state index contributed by atoms with van der Waals surface area (Å²) in [6, 6.07) is 12.5. The molecule has 2 aromatic carbocycles. The van der Waals surface area contributed by atoms with Crippen LogP contribution in [0.3, 0.4) is 0 Å². The summed E-state index contributed by atoms with van der Waals surface area (Å²) in [7, 11) is 0. The highest BCUT2D eigenvalue weighted by Crippen LogP contribution is 2.33. The SMILES string of the molecule is Fc1ccc(Br)cc1C1C=C(c2ccc(I)cc2)Nc2nnnn21. The van der Waals surface area contributed by atoms with Crippen molar-refractivity contribution in [3.8, 4) is 0 Å². The first-order valence-corrected chi connectivity index (χ1v) is 8.96. The summed E-state index contributed by atoms with van der Waals surface area (Å²) in [6.07, 6.45) is 1.93. The third-order valence-electron chi connectivity index (χ3n) is 3.76. The molecule has 0 fully saturated rings. The van der Waals surface area contributed by atoms with Gasteiger partial charge in [0.15, 0.2) is 0 Å². The van der Waals surface area contributed by atoms with E-state index < -0.39 is 6.04 Å². The van der Waals surface area contributed by atoms with Gasteiger partial charge in [-0.3, -0.25) is 0 Å². The molecule has 3 aromatic rings. The highest BCUT2D eigenvalue weighted by molar-refractivity contribution is 14.1. The van der Waals surface area contributed by atoms with Crippen LogP contribution in [0.5, 0.6) is 0 Å². The molecule has 0 spiro atoms. The summed E-state index contributed by atoms with van der Waals surface area (Å²) in [6.45, 7) is 0. The van der Waals surface area contributed by atoms with Crippen molar-refractivity contribution in [2.45, 2.75) is 6.04 Å². The molecule has 0 aliphatic carbocycles. The van der Waals surface area contributed by atoms with Crippen molar-refractivity contribution in [3.63, 3.8) is 0 Å². The molecular formula is C16H10BrFIN5. The molecule has 1 unspecified atom stereocenters. The Morgan fingerprint density at radius 1 is 1.17 bits per heavy atom. The molecule has 4 rings (SSSR count). The number of fused-ring (bicyclic) bond motifs is 1. The first kappa shape index (κ1) is 15.7. The van der Waals surface area contributed by atoms with Gasteiger partial charge in [0.25, 0.3) is 0 Å². The molecule has 2 heterocycles. The van der Waals surface area contributed by atoms with Crippen LogP contribution in [-0.2, 0) is 0 Å². The van der Waals surface area contributed by atoms with Gasteiger partial charge in [-0.2, -0.15) is 4.68 Å². The summed E-state index contributed by atoms with van der Waals surface area (Å²) >= 11 is 5.65. The maximum atomic E-state index is 14.4. The van der Waals surface area contributed by atoms with E-state index in [0.717, 1.165) is 19.3 Å². The fourth-order valence-corrected chi connectivity index (χ4v) is 3.35. The summed E-state index contributed by atoms with van der Waals surface area (Å²) < 4.78 is 17.9. The number of tetrazole rings is 1. The van der Waals surface area contributed by atoms with Gasteiger partial charge in [-0.15, -0.1) is 0 Å². The van der Waals surface area contributed by atoms with Crippen molar-refractivity contribution in [1.29, 1.82) is 0 Å². The van der Waals surface area contributed by atoms with Crippen LogP contribution < -0.4 is 5.32 Å². The Bertz CT molecular complexity index is 938. The summed E-state index contributed by atoms with van der Waals surface area (Å²) in [5, 5.41) is 14.9. The standard InChI is InChI=1S/C16H10BrFIN5/c17-10-3-6-13(18)12(7-10)15-8-14(9-1-4-11(19)5-2-9)20-16-21-22-23-24(15)16/h1-8,15H,(H,20,21,23). The van der Waals surface area contributed by atoms with E-state index in [1.54, 1.807) is 16.8 Å². The van der Waals surface area contributed by atoms with Crippen molar-refractivity contribution in [3.05, 3.63) is 73.5 Å². The summed E-state index contributed by atoms with van der Waals surface area (Å²) in [5.74, 6) is 0.181. The van der Waals surface area contributed by atoms with E-state index in [9.17, 15) is 4.39 Å². The fourth-order valence-electron chi connectivity index (χ4n) is 2.61. The minimum Gasteiger partial charge on any atom is -0.323 e. The largest absolute Gasteiger partial charge is 0.323 e. The molecule has 0 saturated carbocycles. The van der Waals surface area contributed by atoms with Gasteiger partial charge in [-0.25, -0.2) is 4.39 Å². The Morgan fingerprint density at radius 3 is 2.75 bits per heavy atom. The zero-order chi connectivity index (χ0) is 16.7. The van der Waals surface area contributed by atoms with E-state index in [1.807, 2.05) is 30.3 Å². The molecule has 1 atom stereocenters. The number of benzene rings is 2. The fraction of sp³-hybridized carbons (Fsp3) is 0.0625. The van der Waals surface area contributed by atoms with E-state index >= 15 is 0 Å². The smallest absolute Gasteiger partial charge is 0.248 e. The van der Waals surface area contributed by atoms with E-state index in [0.29, 0.717) is 11.5 Å². The van der Waals surface area contributed by atoms with E-state index in [4.69, 9.17) is 0 Å². The van der Waals surface area contributed by atoms with Gasteiger partial charge in [0, 0.05) is 19.3 Å². The maximum Gasteiger partial charge on any atom is 0.248 e. The number of anilines is 1. The second kappa shape index (κ2) is 6.25. The number of rotatable bonds is 2. The Labute approximate surface area is 159 Å². The summed E-state index contributed by atoms with van der Waals surface area (Å²) in [5.41, 5.74) is 2.34. The van der Waals surface area contributed by atoms with Crippen molar-refractivity contribution in [2.75, 3.05) is 5.32 Å². The molecule has 1 aliphatic rings. The molecule has 1 aliphatic heterocycles. The second-order valence-corrected chi connectivity index (χ2v) is 7.43. The molecule has 1 N–H and O–H groups in total. The van der Waals surface area contributed by atoms with E-state index in [2.05, 4.69) is 59.4 Å². The monoisotopic (exact) mass is 497 g/mol. The van der Waals surface area contributed by atoms with Crippen LogP contribution in [0.15, 0.2) is 53.0 Å². The Balaban J connectivity index is 1.85. The highest BCUT2D eigenvalue weighted by Gasteiger charge is 2.26. The van der Waals surface area contributed by atoms with Crippen molar-refractivity contribution in [1.82, 2.24) is 20.2 Å².